The number of benzene rings is 1. The van der Waals surface area contributed by atoms with Crippen molar-refractivity contribution in [3.63, 3.8) is 0 Å². The van der Waals surface area contributed by atoms with Crippen LogP contribution in [0.25, 0.3) is 10.9 Å². The molecule has 0 unspecified atom stereocenters. The zero-order valence-electron chi connectivity index (χ0n) is 21.3. The molecule has 10 nitrogen and oxygen atoms in total. The fraction of sp³-hybridized carbons (Fsp3) is 0.423. The summed E-state index contributed by atoms with van der Waals surface area (Å²) < 4.78 is 5.37. The second-order valence-electron chi connectivity index (χ2n) is 9.67. The lowest BCUT2D eigenvalue weighted by Crippen LogP contribution is -2.52. The monoisotopic (exact) mass is 559 g/mol. The van der Waals surface area contributed by atoms with E-state index in [1.165, 1.54) is 5.38 Å². The molecule has 3 amide bonds. The zero-order chi connectivity index (χ0) is 27.4. The molecule has 0 saturated carbocycles. The second kappa shape index (κ2) is 12.0. The number of amides is 3. The van der Waals surface area contributed by atoms with Gasteiger partial charge in [0, 0.05) is 28.7 Å². The van der Waals surface area contributed by atoms with Crippen LogP contribution in [0.4, 0.5) is 0 Å². The van der Waals surface area contributed by atoms with E-state index in [0.717, 1.165) is 22.2 Å². The fourth-order valence-corrected chi connectivity index (χ4v) is 5.48. The molecule has 3 atom stereocenters. The summed E-state index contributed by atoms with van der Waals surface area (Å²) >= 11 is 6.99. The van der Waals surface area contributed by atoms with E-state index in [1.807, 2.05) is 26.0 Å². The van der Waals surface area contributed by atoms with Crippen LogP contribution in [0.2, 0.25) is 5.15 Å². The van der Waals surface area contributed by atoms with Crippen LogP contribution < -0.4 is 20.7 Å². The molecule has 0 aliphatic carbocycles. The molecule has 1 saturated heterocycles. The van der Waals surface area contributed by atoms with Crippen LogP contribution in [0.15, 0.2) is 29.6 Å². The highest BCUT2D eigenvalue weighted by molar-refractivity contribution is 7.12. The van der Waals surface area contributed by atoms with Gasteiger partial charge in [0.1, 0.15) is 22.6 Å². The van der Waals surface area contributed by atoms with Gasteiger partial charge in [0.05, 0.1) is 13.2 Å². The van der Waals surface area contributed by atoms with Gasteiger partial charge in [0.25, 0.3) is 5.91 Å². The molecule has 1 aliphatic heterocycles. The number of ether oxygens (including phenoxy) is 1. The van der Waals surface area contributed by atoms with Crippen LogP contribution >= 0.6 is 22.9 Å². The topological polar surface area (TPSA) is 142 Å². The molecular formula is C26H30ClN5O5S. The number of aromatic nitrogens is 2. The average molecular weight is 560 g/mol. The van der Waals surface area contributed by atoms with E-state index < -0.39 is 35.6 Å². The van der Waals surface area contributed by atoms with Crippen molar-refractivity contribution in [2.45, 2.75) is 45.2 Å². The van der Waals surface area contributed by atoms with Crippen LogP contribution in [-0.2, 0) is 9.59 Å². The quantitative estimate of drug-likeness (QED) is 0.265. The number of carbonyl (C=O) groups is 4. The third-order valence-electron chi connectivity index (χ3n) is 6.42. The Balaban J connectivity index is 1.54. The lowest BCUT2D eigenvalue weighted by molar-refractivity contribution is -0.125. The number of nitrogens with one attached hydrogen (secondary N) is 4. The van der Waals surface area contributed by atoms with Crippen LogP contribution in [0, 0.1) is 11.8 Å². The van der Waals surface area contributed by atoms with E-state index in [2.05, 4.69) is 25.9 Å². The third kappa shape index (κ3) is 6.33. The summed E-state index contributed by atoms with van der Waals surface area (Å²) in [6.07, 6.45) is 1.03. The minimum absolute atomic E-state index is 0.0707. The Morgan fingerprint density at radius 3 is 2.66 bits per heavy atom. The Hall–Kier alpha value is -3.44. The van der Waals surface area contributed by atoms with Gasteiger partial charge in [0.2, 0.25) is 17.6 Å². The highest BCUT2D eigenvalue weighted by Gasteiger charge is 2.34. The minimum Gasteiger partial charge on any atom is -0.496 e. The lowest BCUT2D eigenvalue weighted by atomic mass is 9.95. The van der Waals surface area contributed by atoms with Crippen LogP contribution in [0.5, 0.6) is 5.75 Å². The maximum Gasteiger partial charge on any atom is 0.268 e. The van der Waals surface area contributed by atoms with E-state index in [-0.39, 0.29) is 34.1 Å². The van der Waals surface area contributed by atoms with E-state index in [1.54, 1.807) is 19.2 Å². The first kappa shape index (κ1) is 27.6. The molecule has 12 heteroatoms. The van der Waals surface area contributed by atoms with Gasteiger partial charge in [0.15, 0.2) is 5.01 Å². The van der Waals surface area contributed by atoms with Crippen molar-refractivity contribution >= 4 is 57.3 Å². The molecule has 3 aromatic rings. The summed E-state index contributed by atoms with van der Waals surface area (Å²) in [5.74, 6) is -1.29. The highest BCUT2D eigenvalue weighted by atomic mass is 35.5. The largest absolute Gasteiger partial charge is 0.496 e. The maximum absolute atomic E-state index is 13.5. The molecule has 0 radical (unpaired) electrons. The van der Waals surface area contributed by atoms with E-state index in [4.69, 9.17) is 16.3 Å². The first-order valence-corrected chi connectivity index (χ1v) is 13.6. The summed E-state index contributed by atoms with van der Waals surface area (Å²) in [5.41, 5.74) is 1.00. The number of rotatable bonds is 11. The number of methoxy groups -OCH3 is 1. The zero-order valence-corrected chi connectivity index (χ0v) is 22.9. The normalized spacial score (nSPS) is 16.8. The standard InChI is InChI=1S/C26H30ClN5O5S/c1-13(2)9-18(31-25(36)19-11-15-16(29-19)5-4-6-20(15)37-3)24(35)30-17(10-14-7-8-28-23(14)34)22(33)26-32-21(27)12-38-26/h4-6,11-14,17-18,29H,7-10H2,1-3H3,(H,28,34)(H,30,35)(H,31,36)/t14-,17+,18-/m0/s1. The summed E-state index contributed by atoms with van der Waals surface area (Å²) in [5, 5.41) is 11.0. The van der Waals surface area contributed by atoms with Crippen molar-refractivity contribution in [1.82, 2.24) is 25.9 Å². The number of thiazole rings is 1. The minimum atomic E-state index is -0.998. The Morgan fingerprint density at radius 1 is 1.24 bits per heavy atom. The summed E-state index contributed by atoms with van der Waals surface area (Å²) in [4.78, 5) is 59.2. The fourth-order valence-electron chi connectivity index (χ4n) is 4.54. The first-order chi connectivity index (χ1) is 18.2. The number of aromatic amines is 1. The molecule has 3 heterocycles. The Bertz CT molecular complexity index is 1350. The highest BCUT2D eigenvalue weighted by Crippen LogP contribution is 2.26. The summed E-state index contributed by atoms with van der Waals surface area (Å²) in [7, 11) is 1.55. The molecule has 1 aliphatic rings. The number of fused-ring (bicyclic) bond motifs is 1. The van der Waals surface area contributed by atoms with Crippen LogP contribution in [-0.4, -0.2) is 59.2 Å². The van der Waals surface area contributed by atoms with Gasteiger partial charge in [-0.3, -0.25) is 19.2 Å². The predicted molar refractivity (Wildman–Crippen MR) is 145 cm³/mol. The number of ketones is 1. The molecular weight excluding hydrogens is 530 g/mol. The SMILES string of the molecule is COc1cccc2[nH]c(C(=O)N[C@@H](CC(C)C)C(=O)N[C@H](C[C@@H]3CCNC3=O)C(=O)c3nc(Cl)cs3)cc12. The van der Waals surface area contributed by atoms with E-state index >= 15 is 0 Å². The number of H-pyrrole nitrogens is 1. The maximum atomic E-state index is 13.5. The van der Waals surface area contributed by atoms with E-state index in [0.29, 0.717) is 25.1 Å². The molecule has 202 valence electrons. The Labute approximate surface area is 228 Å². The Morgan fingerprint density at radius 2 is 2.03 bits per heavy atom. The number of nitrogens with zero attached hydrogens (tertiary/aromatic N) is 1. The Kier molecular flexibility index (Phi) is 8.68. The van der Waals surface area contributed by atoms with Gasteiger partial charge in [-0.2, -0.15) is 0 Å². The third-order valence-corrected chi connectivity index (χ3v) is 7.60. The van der Waals surface area contributed by atoms with Gasteiger partial charge in [-0.15, -0.1) is 11.3 Å². The number of halogens is 1. The average Bonchev–Trinajstić information content (AvgIpc) is 3.62. The molecule has 0 spiro atoms. The number of hydrogen-bond donors (Lipinski definition) is 4. The molecule has 4 rings (SSSR count). The van der Waals surface area contributed by atoms with Crippen LogP contribution in [0.3, 0.4) is 0 Å². The predicted octanol–water partition coefficient (Wildman–Crippen LogP) is 3.32. The van der Waals surface area contributed by atoms with Gasteiger partial charge in [-0.1, -0.05) is 31.5 Å². The van der Waals surface area contributed by atoms with Gasteiger partial charge in [-0.25, -0.2) is 4.98 Å². The van der Waals surface area contributed by atoms with Crippen molar-refractivity contribution in [3.05, 3.63) is 45.5 Å². The number of carbonyl (C=O) groups excluding carboxylic acids is 4. The van der Waals surface area contributed by atoms with Crippen molar-refractivity contribution in [2.24, 2.45) is 11.8 Å². The summed E-state index contributed by atoms with van der Waals surface area (Å²) in [6.45, 7) is 4.38. The van der Waals surface area contributed by atoms with Crippen molar-refractivity contribution in [1.29, 1.82) is 0 Å². The van der Waals surface area contributed by atoms with Crippen LogP contribution in [0.1, 0.15) is 53.4 Å². The molecule has 38 heavy (non-hydrogen) atoms. The smallest absolute Gasteiger partial charge is 0.268 e. The molecule has 4 N–H and O–H groups in total. The number of Topliss-reactive ketones (excluding diaryl/α,β-unsaturated/α-hetero) is 1. The first-order valence-electron chi connectivity index (χ1n) is 12.4. The second-order valence-corrected chi connectivity index (χ2v) is 10.9. The summed E-state index contributed by atoms with van der Waals surface area (Å²) in [6, 6.07) is 5.19. The van der Waals surface area contributed by atoms with Gasteiger partial charge < -0.3 is 25.7 Å². The van der Waals surface area contributed by atoms with Gasteiger partial charge in [-0.05, 0) is 43.4 Å². The van der Waals surface area contributed by atoms with Crippen molar-refractivity contribution in [3.8, 4) is 5.75 Å². The molecule has 1 fully saturated rings. The molecule has 1 aromatic carbocycles. The number of hydrogen-bond acceptors (Lipinski definition) is 7. The van der Waals surface area contributed by atoms with E-state index in [9.17, 15) is 19.2 Å². The van der Waals surface area contributed by atoms with Gasteiger partial charge >= 0.3 is 0 Å². The van der Waals surface area contributed by atoms with Crippen molar-refractivity contribution < 1.29 is 23.9 Å². The molecule has 2 aromatic heterocycles. The lowest BCUT2D eigenvalue weighted by Gasteiger charge is -2.24. The molecule has 0 bridgehead atoms. The van der Waals surface area contributed by atoms with Crippen molar-refractivity contribution in [2.75, 3.05) is 13.7 Å².